The Hall–Kier alpha value is -1.40. The predicted octanol–water partition coefficient (Wildman–Crippen LogP) is 3.35. The van der Waals surface area contributed by atoms with Gasteiger partial charge in [0.15, 0.2) is 11.5 Å². The summed E-state index contributed by atoms with van der Waals surface area (Å²) in [5, 5.41) is 9.46. The first-order valence-corrected chi connectivity index (χ1v) is 5.29. The molecule has 0 saturated carbocycles. The molecule has 3 nitrogen and oxygen atoms in total. The maximum absolute atomic E-state index is 9.07. The Bertz CT molecular complexity index is 436. The first-order valence-electron chi connectivity index (χ1n) is 4.91. The average Bonchev–Trinajstić information content (AvgIpc) is 2.26. The van der Waals surface area contributed by atoms with Crippen LogP contribution in [0.1, 0.15) is 30.9 Å². The summed E-state index contributed by atoms with van der Waals surface area (Å²) in [6.45, 7) is 3.98. The minimum Gasteiger partial charge on any atom is -0.492 e. The third kappa shape index (κ3) is 2.07. The van der Waals surface area contributed by atoms with Crippen molar-refractivity contribution in [2.45, 2.75) is 19.8 Å². The molecule has 1 aromatic carbocycles. The third-order valence-electron chi connectivity index (χ3n) is 2.34. The predicted molar refractivity (Wildman–Crippen MR) is 63.4 cm³/mol. The lowest BCUT2D eigenvalue weighted by molar-refractivity contribution is 0.350. The summed E-state index contributed by atoms with van der Waals surface area (Å²) in [5.74, 6) is 1.18. The minimum absolute atomic E-state index is 0.163. The van der Waals surface area contributed by atoms with Gasteiger partial charge in [0, 0.05) is 5.56 Å². The lowest BCUT2D eigenvalue weighted by Crippen LogP contribution is -2.01. The van der Waals surface area contributed by atoms with E-state index in [0.29, 0.717) is 22.1 Å². The summed E-state index contributed by atoms with van der Waals surface area (Å²) in [5.41, 5.74) is 1.35. The molecule has 0 amide bonds. The second kappa shape index (κ2) is 5.09. The number of nitrogens with zero attached hydrogens (tertiary/aromatic N) is 1. The molecule has 16 heavy (non-hydrogen) atoms. The van der Waals surface area contributed by atoms with Gasteiger partial charge < -0.3 is 9.47 Å². The lowest BCUT2D eigenvalue weighted by atomic mass is 9.96. The molecule has 0 radical (unpaired) electrons. The summed E-state index contributed by atoms with van der Waals surface area (Å²) in [4.78, 5) is 0. The SMILES string of the molecule is COc1c(Cl)cc(C#N)c(C(C)C)c1OC. The molecule has 0 aliphatic heterocycles. The van der Waals surface area contributed by atoms with Gasteiger partial charge in [-0.2, -0.15) is 5.26 Å². The van der Waals surface area contributed by atoms with E-state index in [4.69, 9.17) is 26.3 Å². The van der Waals surface area contributed by atoms with Crippen molar-refractivity contribution in [2.75, 3.05) is 14.2 Å². The van der Waals surface area contributed by atoms with E-state index in [9.17, 15) is 0 Å². The van der Waals surface area contributed by atoms with Crippen LogP contribution in [0.25, 0.3) is 0 Å². The number of rotatable bonds is 3. The largest absolute Gasteiger partial charge is 0.492 e. The van der Waals surface area contributed by atoms with Crippen LogP contribution in [0.15, 0.2) is 6.07 Å². The van der Waals surface area contributed by atoms with Crippen LogP contribution in [0, 0.1) is 11.3 Å². The van der Waals surface area contributed by atoms with Crippen LogP contribution in [-0.4, -0.2) is 14.2 Å². The Balaban J connectivity index is 3.61. The van der Waals surface area contributed by atoms with Gasteiger partial charge >= 0.3 is 0 Å². The zero-order chi connectivity index (χ0) is 12.3. The number of hydrogen-bond acceptors (Lipinski definition) is 3. The quantitative estimate of drug-likeness (QED) is 0.812. The summed E-state index contributed by atoms with van der Waals surface area (Å²) in [6, 6.07) is 3.73. The molecule has 0 aliphatic rings. The van der Waals surface area contributed by atoms with Crippen molar-refractivity contribution in [1.82, 2.24) is 0 Å². The van der Waals surface area contributed by atoms with E-state index in [1.54, 1.807) is 13.2 Å². The average molecular weight is 240 g/mol. The molecular formula is C12H14ClNO2. The molecule has 0 aromatic heterocycles. The lowest BCUT2D eigenvalue weighted by Gasteiger charge is -2.17. The monoisotopic (exact) mass is 239 g/mol. The van der Waals surface area contributed by atoms with Crippen LogP contribution in [0.4, 0.5) is 0 Å². The Labute approximate surface area is 101 Å². The van der Waals surface area contributed by atoms with Crippen molar-refractivity contribution in [3.8, 4) is 17.6 Å². The Kier molecular flexibility index (Phi) is 4.03. The van der Waals surface area contributed by atoms with Gasteiger partial charge in [-0.1, -0.05) is 25.4 Å². The second-order valence-corrected chi connectivity index (χ2v) is 4.06. The van der Waals surface area contributed by atoms with Crippen molar-refractivity contribution in [3.63, 3.8) is 0 Å². The van der Waals surface area contributed by atoms with Gasteiger partial charge in [0.1, 0.15) is 0 Å². The Morgan fingerprint density at radius 1 is 1.25 bits per heavy atom. The van der Waals surface area contributed by atoms with Crippen molar-refractivity contribution < 1.29 is 9.47 Å². The fourth-order valence-electron chi connectivity index (χ4n) is 1.68. The number of nitriles is 1. The van der Waals surface area contributed by atoms with Crippen LogP contribution in [0.3, 0.4) is 0 Å². The van der Waals surface area contributed by atoms with Gasteiger partial charge in [-0.25, -0.2) is 0 Å². The molecule has 0 aliphatic carbocycles. The number of methoxy groups -OCH3 is 2. The molecule has 0 fully saturated rings. The van der Waals surface area contributed by atoms with Crippen molar-refractivity contribution >= 4 is 11.6 Å². The van der Waals surface area contributed by atoms with E-state index in [2.05, 4.69) is 6.07 Å². The van der Waals surface area contributed by atoms with Crippen LogP contribution in [-0.2, 0) is 0 Å². The van der Waals surface area contributed by atoms with Crippen LogP contribution < -0.4 is 9.47 Å². The summed E-state index contributed by atoms with van der Waals surface area (Å²) in [6.07, 6.45) is 0. The summed E-state index contributed by atoms with van der Waals surface area (Å²) >= 11 is 6.01. The molecule has 0 heterocycles. The maximum Gasteiger partial charge on any atom is 0.179 e. The van der Waals surface area contributed by atoms with Gasteiger partial charge in [-0.3, -0.25) is 0 Å². The first-order chi connectivity index (χ1) is 7.56. The molecule has 4 heteroatoms. The number of halogens is 1. The molecule has 0 unspecified atom stereocenters. The molecule has 0 bridgehead atoms. The topological polar surface area (TPSA) is 42.2 Å². The van der Waals surface area contributed by atoms with Gasteiger partial charge in [0.05, 0.1) is 30.9 Å². The molecule has 0 spiro atoms. The summed E-state index contributed by atoms with van der Waals surface area (Å²) < 4.78 is 10.5. The zero-order valence-electron chi connectivity index (χ0n) is 9.80. The van der Waals surface area contributed by atoms with Crippen LogP contribution in [0.5, 0.6) is 11.5 Å². The highest BCUT2D eigenvalue weighted by atomic mass is 35.5. The van der Waals surface area contributed by atoms with Crippen molar-refractivity contribution in [2.24, 2.45) is 0 Å². The summed E-state index contributed by atoms with van der Waals surface area (Å²) in [7, 11) is 3.07. The van der Waals surface area contributed by atoms with E-state index < -0.39 is 0 Å². The second-order valence-electron chi connectivity index (χ2n) is 3.65. The minimum atomic E-state index is 0.163. The maximum atomic E-state index is 9.07. The number of benzene rings is 1. The van der Waals surface area contributed by atoms with Crippen molar-refractivity contribution in [3.05, 3.63) is 22.2 Å². The molecular weight excluding hydrogens is 226 g/mol. The third-order valence-corrected chi connectivity index (χ3v) is 2.62. The first kappa shape index (κ1) is 12.7. The highest BCUT2D eigenvalue weighted by molar-refractivity contribution is 6.32. The van der Waals surface area contributed by atoms with E-state index in [-0.39, 0.29) is 5.92 Å². The van der Waals surface area contributed by atoms with Crippen LogP contribution in [0.2, 0.25) is 5.02 Å². The van der Waals surface area contributed by atoms with Crippen LogP contribution >= 0.6 is 11.6 Å². The molecule has 0 N–H and O–H groups in total. The van der Waals surface area contributed by atoms with Gasteiger partial charge in [0.25, 0.3) is 0 Å². The van der Waals surface area contributed by atoms with E-state index in [1.165, 1.54) is 7.11 Å². The fraction of sp³-hybridized carbons (Fsp3) is 0.417. The number of hydrogen-bond donors (Lipinski definition) is 0. The van der Waals surface area contributed by atoms with Gasteiger partial charge in [0.2, 0.25) is 0 Å². The van der Waals surface area contributed by atoms with E-state index in [0.717, 1.165) is 5.56 Å². The molecule has 0 atom stereocenters. The number of ether oxygens (including phenoxy) is 2. The van der Waals surface area contributed by atoms with E-state index >= 15 is 0 Å². The molecule has 1 rings (SSSR count). The van der Waals surface area contributed by atoms with Gasteiger partial charge in [-0.05, 0) is 12.0 Å². The molecule has 86 valence electrons. The smallest absolute Gasteiger partial charge is 0.179 e. The highest BCUT2D eigenvalue weighted by Crippen LogP contribution is 2.42. The zero-order valence-corrected chi connectivity index (χ0v) is 10.6. The Morgan fingerprint density at radius 2 is 1.81 bits per heavy atom. The van der Waals surface area contributed by atoms with Gasteiger partial charge in [-0.15, -0.1) is 0 Å². The normalized spacial score (nSPS) is 10.1. The standard InChI is InChI=1S/C12H14ClNO2/c1-7(2)10-8(6-14)5-9(13)11(15-3)12(10)16-4/h5,7H,1-4H3. The molecule has 0 saturated heterocycles. The van der Waals surface area contributed by atoms with E-state index in [1.807, 2.05) is 13.8 Å². The fourth-order valence-corrected chi connectivity index (χ4v) is 1.95. The van der Waals surface area contributed by atoms with Crippen molar-refractivity contribution in [1.29, 1.82) is 5.26 Å². The highest BCUT2D eigenvalue weighted by Gasteiger charge is 2.20. The Morgan fingerprint density at radius 3 is 2.19 bits per heavy atom. The molecule has 1 aromatic rings.